The highest BCUT2D eigenvalue weighted by Gasteiger charge is 2.32. The van der Waals surface area contributed by atoms with E-state index in [1.54, 1.807) is 32.1 Å². The molecule has 1 amide bonds. The third-order valence-electron chi connectivity index (χ3n) is 6.62. The molecule has 0 radical (unpaired) electrons. The summed E-state index contributed by atoms with van der Waals surface area (Å²) in [6.07, 6.45) is 4.89. The number of hydrogen-bond acceptors (Lipinski definition) is 8. The molecule has 9 nitrogen and oxygen atoms in total. The van der Waals surface area contributed by atoms with E-state index in [4.69, 9.17) is 15.2 Å². The number of nitrogens with one attached hydrogen (secondary N) is 1. The minimum Gasteiger partial charge on any atom is -0.395 e. The van der Waals surface area contributed by atoms with Gasteiger partial charge in [0, 0.05) is 37.4 Å². The van der Waals surface area contributed by atoms with Crippen LogP contribution in [0.5, 0.6) is 0 Å². The van der Waals surface area contributed by atoms with Gasteiger partial charge in [0.2, 0.25) is 11.6 Å². The van der Waals surface area contributed by atoms with Crippen molar-refractivity contribution in [2.24, 2.45) is 17.6 Å². The highest BCUT2D eigenvalue weighted by Crippen LogP contribution is 2.27. The van der Waals surface area contributed by atoms with Gasteiger partial charge in [0.15, 0.2) is 0 Å². The van der Waals surface area contributed by atoms with Crippen molar-refractivity contribution in [2.75, 3.05) is 14.2 Å². The predicted octanol–water partition coefficient (Wildman–Crippen LogP) is 1.62. The summed E-state index contributed by atoms with van der Waals surface area (Å²) in [5.74, 6) is -2.16. The smallest absolute Gasteiger partial charge is 0.251 e. The number of ketones is 2. The van der Waals surface area contributed by atoms with E-state index in [-0.39, 0.29) is 40.8 Å². The van der Waals surface area contributed by atoms with Crippen LogP contribution in [0.15, 0.2) is 58.5 Å². The van der Waals surface area contributed by atoms with Crippen LogP contribution >= 0.6 is 0 Å². The van der Waals surface area contributed by atoms with Crippen LogP contribution in [0.4, 0.5) is 0 Å². The standard InChI is InChI=1S/C27H38N2O7/c1-14-10-18-23(28)20(30)13-19(26(18)33)29-27(34)15(2)8-7-9-21(35-5)24(31)16(3)12-17(4)25(32)22(11-14)36-6/h7-9,12-14,17,21-22,24-25,31-32H,10-11,28H2,1-6H3,(H,29,34)/b9-7+,15-8-,16-12+/t14-,17+,21+,22-,24+,25+/m0/s1. The van der Waals surface area contributed by atoms with Crippen LogP contribution in [0.1, 0.15) is 40.5 Å². The van der Waals surface area contributed by atoms with Crippen LogP contribution in [0.25, 0.3) is 0 Å². The molecule has 2 rings (SSSR count). The number of amides is 1. The summed E-state index contributed by atoms with van der Waals surface area (Å²) in [7, 11) is 2.95. The molecule has 2 bridgehead atoms. The first-order valence-electron chi connectivity index (χ1n) is 12.0. The van der Waals surface area contributed by atoms with Crippen molar-refractivity contribution >= 4 is 17.5 Å². The molecule has 0 spiro atoms. The molecule has 9 heteroatoms. The van der Waals surface area contributed by atoms with Gasteiger partial charge in [-0.3, -0.25) is 14.4 Å². The van der Waals surface area contributed by atoms with Gasteiger partial charge in [0.05, 0.1) is 23.6 Å². The van der Waals surface area contributed by atoms with Crippen molar-refractivity contribution in [3.05, 3.63) is 58.5 Å². The summed E-state index contributed by atoms with van der Waals surface area (Å²) in [6, 6.07) is 0. The van der Waals surface area contributed by atoms with Crippen LogP contribution in [0, 0.1) is 11.8 Å². The zero-order valence-electron chi connectivity index (χ0n) is 21.8. The van der Waals surface area contributed by atoms with E-state index in [1.807, 2.05) is 13.8 Å². The highest BCUT2D eigenvalue weighted by atomic mass is 16.5. The number of allylic oxidation sites excluding steroid dienone is 4. The monoisotopic (exact) mass is 502 g/mol. The van der Waals surface area contributed by atoms with Crippen molar-refractivity contribution in [1.82, 2.24) is 5.32 Å². The van der Waals surface area contributed by atoms with Crippen molar-refractivity contribution in [3.63, 3.8) is 0 Å². The van der Waals surface area contributed by atoms with E-state index < -0.39 is 41.9 Å². The minimum atomic E-state index is -0.978. The Morgan fingerprint density at radius 1 is 1.08 bits per heavy atom. The Bertz CT molecular complexity index is 1020. The van der Waals surface area contributed by atoms with Crippen molar-refractivity contribution in [3.8, 4) is 0 Å². The maximum atomic E-state index is 13.1. The van der Waals surface area contributed by atoms with Gasteiger partial charge in [-0.15, -0.1) is 0 Å². The van der Waals surface area contributed by atoms with Gasteiger partial charge in [0.1, 0.15) is 12.2 Å². The number of rotatable bonds is 2. The second-order valence-corrected chi connectivity index (χ2v) is 9.56. The number of carbonyl (C=O) groups is 3. The molecular formula is C27H38N2O7. The van der Waals surface area contributed by atoms with Crippen LogP contribution in [0.3, 0.4) is 0 Å². The molecule has 6 atom stereocenters. The second kappa shape index (κ2) is 12.9. The molecule has 0 unspecified atom stereocenters. The van der Waals surface area contributed by atoms with Gasteiger partial charge < -0.3 is 30.7 Å². The van der Waals surface area contributed by atoms with Gasteiger partial charge in [0.25, 0.3) is 5.91 Å². The first kappa shape index (κ1) is 29.4. The second-order valence-electron chi connectivity index (χ2n) is 9.56. The zero-order valence-corrected chi connectivity index (χ0v) is 21.8. The van der Waals surface area contributed by atoms with Crippen molar-refractivity contribution in [1.29, 1.82) is 0 Å². The Balaban J connectivity index is 2.50. The van der Waals surface area contributed by atoms with Gasteiger partial charge in [-0.05, 0) is 38.2 Å². The Hall–Kier alpha value is -2.85. The molecular weight excluding hydrogens is 464 g/mol. The Kier molecular flexibility index (Phi) is 10.5. The van der Waals surface area contributed by atoms with E-state index in [0.29, 0.717) is 12.0 Å². The normalized spacial score (nSPS) is 35.3. The molecule has 1 aliphatic carbocycles. The van der Waals surface area contributed by atoms with E-state index >= 15 is 0 Å². The molecule has 36 heavy (non-hydrogen) atoms. The van der Waals surface area contributed by atoms with Crippen molar-refractivity contribution < 1.29 is 34.1 Å². The lowest BCUT2D eigenvalue weighted by molar-refractivity contribution is -0.120. The summed E-state index contributed by atoms with van der Waals surface area (Å²) < 4.78 is 11.0. The Morgan fingerprint density at radius 3 is 2.36 bits per heavy atom. The van der Waals surface area contributed by atoms with Crippen LogP contribution in [0.2, 0.25) is 0 Å². The molecule has 0 saturated heterocycles. The molecule has 1 aliphatic heterocycles. The molecule has 0 saturated carbocycles. The summed E-state index contributed by atoms with van der Waals surface area (Å²) >= 11 is 0. The summed E-state index contributed by atoms with van der Waals surface area (Å²) in [4.78, 5) is 38.2. The van der Waals surface area contributed by atoms with Crippen molar-refractivity contribution in [2.45, 2.75) is 65.0 Å². The number of nitrogens with two attached hydrogens (primary N) is 1. The molecule has 0 aromatic heterocycles. The van der Waals surface area contributed by atoms with E-state index in [2.05, 4.69) is 5.32 Å². The minimum absolute atomic E-state index is 0.129. The number of ether oxygens (including phenoxy) is 2. The summed E-state index contributed by atoms with van der Waals surface area (Å²) in [5.41, 5.74) is 6.69. The Morgan fingerprint density at radius 2 is 1.75 bits per heavy atom. The van der Waals surface area contributed by atoms with Crippen LogP contribution < -0.4 is 11.1 Å². The molecule has 0 fully saturated rings. The third-order valence-corrected chi connectivity index (χ3v) is 6.62. The lowest BCUT2D eigenvalue weighted by Crippen LogP contribution is -2.36. The average molecular weight is 503 g/mol. The van der Waals surface area contributed by atoms with E-state index in [0.717, 1.165) is 6.08 Å². The fourth-order valence-corrected chi connectivity index (χ4v) is 4.34. The summed E-state index contributed by atoms with van der Waals surface area (Å²) in [6.45, 7) is 7.00. The van der Waals surface area contributed by atoms with Gasteiger partial charge in [-0.25, -0.2) is 0 Å². The Labute approximate surface area is 212 Å². The number of Topliss-reactive ketones (excluding diaryl/α,β-unsaturated/α-hetero) is 1. The molecule has 0 aromatic carbocycles. The first-order valence-corrected chi connectivity index (χ1v) is 12.0. The molecule has 0 aromatic rings. The fourth-order valence-electron chi connectivity index (χ4n) is 4.34. The molecule has 1 heterocycles. The fraction of sp³-hybridized carbons (Fsp3) is 0.519. The van der Waals surface area contributed by atoms with Gasteiger partial charge in [-0.2, -0.15) is 0 Å². The number of hydrogen-bond donors (Lipinski definition) is 4. The SMILES string of the molecule is CO[C@H]1C[C@@H](C)CC2=C(N)C(=O)C=C(NC(=O)/C(C)=C\C=C\[C@@H](OC)[C@H](O)/C(C)=C/[C@@H](C)[C@H]1O)C2=O. The topological polar surface area (TPSA) is 148 Å². The van der Waals surface area contributed by atoms with E-state index in [1.165, 1.54) is 20.3 Å². The number of aliphatic hydroxyl groups excluding tert-OH is 2. The molecule has 5 N–H and O–H groups in total. The van der Waals surface area contributed by atoms with Crippen LogP contribution in [-0.2, 0) is 23.9 Å². The zero-order chi connectivity index (χ0) is 27.2. The molecule has 2 aliphatic rings. The number of fused-ring (bicyclic) bond motifs is 2. The largest absolute Gasteiger partial charge is 0.395 e. The lowest BCUT2D eigenvalue weighted by atomic mass is 9.85. The maximum Gasteiger partial charge on any atom is 0.251 e. The van der Waals surface area contributed by atoms with E-state index in [9.17, 15) is 24.6 Å². The average Bonchev–Trinajstić information content (AvgIpc) is 2.84. The van der Waals surface area contributed by atoms with Gasteiger partial charge >= 0.3 is 0 Å². The maximum absolute atomic E-state index is 13.1. The van der Waals surface area contributed by atoms with Crippen LogP contribution in [-0.4, -0.2) is 66.3 Å². The lowest BCUT2D eigenvalue weighted by Gasteiger charge is -2.29. The van der Waals surface area contributed by atoms with Gasteiger partial charge in [-0.1, -0.05) is 38.2 Å². The number of carbonyl (C=O) groups excluding carboxylic acids is 3. The number of aliphatic hydroxyl groups is 2. The first-order chi connectivity index (χ1) is 16.9. The summed E-state index contributed by atoms with van der Waals surface area (Å²) in [5, 5.41) is 24.3. The third kappa shape index (κ3) is 7.10. The molecule has 198 valence electrons. The highest BCUT2D eigenvalue weighted by molar-refractivity contribution is 6.23. The quantitative estimate of drug-likeness (QED) is 0.329. The number of methoxy groups -OCH3 is 2. The predicted molar refractivity (Wildman–Crippen MR) is 135 cm³/mol.